The van der Waals surface area contributed by atoms with Crippen molar-refractivity contribution in [1.29, 1.82) is 0 Å². The second-order valence-electron chi connectivity index (χ2n) is 11.3. The normalized spacial score (nSPS) is 11.5. The van der Waals surface area contributed by atoms with E-state index in [1.54, 1.807) is 0 Å². The molecule has 9 aromatic rings. The zero-order chi connectivity index (χ0) is 30.5. The third-order valence-electron chi connectivity index (χ3n) is 8.42. The van der Waals surface area contributed by atoms with Crippen LogP contribution in [0.4, 0.5) is 0 Å². The van der Waals surface area contributed by atoms with Gasteiger partial charge in [-0.25, -0.2) is 15.0 Å². The van der Waals surface area contributed by atoms with Gasteiger partial charge in [-0.1, -0.05) is 109 Å². The highest BCUT2D eigenvalue weighted by atomic mass is 16.3. The SMILES string of the molecule is c1ccc(-c2nc(-c3cccc(-c4cccc(-c5nc6ccccc6n5-c5ccccc5)c4)c3)nc3c2oc2ccccc23)cc1. The van der Waals surface area contributed by atoms with Crippen LogP contribution in [0.15, 0.2) is 162 Å². The summed E-state index contributed by atoms with van der Waals surface area (Å²) >= 11 is 0. The standard InChI is InChI=1S/C41H26N4O/c1-3-13-27(14-4-1)37-39-38(33-21-7-10-24-36(33)46-39)44-40(43-37)30-17-11-15-28(25-30)29-16-12-18-31(26-29)41-42-34-22-8-9-23-35(34)45(41)32-19-5-2-6-20-32/h1-26H. The van der Waals surface area contributed by atoms with Crippen LogP contribution in [0, 0.1) is 0 Å². The Bertz CT molecular complexity index is 2530. The van der Waals surface area contributed by atoms with Gasteiger partial charge in [0.25, 0.3) is 0 Å². The maximum Gasteiger partial charge on any atom is 0.180 e. The second-order valence-corrected chi connectivity index (χ2v) is 11.3. The molecule has 6 aromatic carbocycles. The Labute approximate surface area is 265 Å². The molecule has 0 atom stereocenters. The number of hydrogen-bond donors (Lipinski definition) is 0. The quantitative estimate of drug-likeness (QED) is 0.200. The minimum atomic E-state index is 0.654. The Morgan fingerprint density at radius 3 is 1.93 bits per heavy atom. The van der Waals surface area contributed by atoms with Crippen LogP contribution in [0.5, 0.6) is 0 Å². The first-order chi connectivity index (χ1) is 22.8. The Morgan fingerprint density at radius 1 is 0.478 bits per heavy atom. The number of nitrogens with zero attached hydrogens (tertiary/aromatic N) is 4. The number of fused-ring (bicyclic) bond motifs is 4. The number of benzene rings is 6. The average Bonchev–Trinajstić information content (AvgIpc) is 3.71. The molecule has 3 heterocycles. The molecular weight excluding hydrogens is 564 g/mol. The van der Waals surface area contributed by atoms with Gasteiger partial charge in [-0.15, -0.1) is 0 Å². The zero-order valence-electron chi connectivity index (χ0n) is 24.7. The minimum Gasteiger partial charge on any atom is -0.452 e. The van der Waals surface area contributed by atoms with Gasteiger partial charge in [0.1, 0.15) is 22.6 Å². The van der Waals surface area contributed by atoms with Crippen LogP contribution in [0.25, 0.3) is 83.9 Å². The molecule has 0 aliphatic heterocycles. The Kier molecular flexibility index (Phi) is 6.06. The summed E-state index contributed by atoms with van der Waals surface area (Å²) < 4.78 is 8.54. The largest absolute Gasteiger partial charge is 0.452 e. The molecule has 5 nitrogen and oxygen atoms in total. The van der Waals surface area contributed by atoms with Gasteiger partial charge in [0.2, 0.25) is 0 Å². The smallest absolute Gasteiger partial charge is 0.180 e. The lowest BCUT2D eigenvalue weighted by Crippen LogP contribution is -1.97. The molecule has 216 valence electrons. The maximum absolute atomic E-state index is 6.31. The molecule has 9 rings (SSSR count). The van der Waals surface area contributed by atoms with E-state index in [1.165, 1.54) is 0 Å². The summed E-state index contributed by atoms with van der Waals surface area (Å²) in [5, 5.41) is 0.975. The van der Waals surface area contributed by atoms with E-state index in [0.29, 0.717) is 11.4 Å². The lowest BCUT2D eigenvalue weighted by atomic mass is 10.00. The highest BCUT2D eigenvalue weighted by Gasteiger charge is 2.19. The van der Waals surface area contributed by atoms with Crippen molar-refractivity contribution in [3.8, 4) is 50.8 Å². The van der Waals surface area contributed by atoms with Crippen molar-refractivity contribution in [1.82, 2.24) is 19.5 Å². The van der Waals surface area contributed by atoms with Gasteiger partial charge in [-0.05, 0) is 59.7 Å². The molecule has 0 aliphatic carbocycles. The van der Waals surface area contributed by atoms with Crippen LogP contribution in [0.2, 0.25) is 0 Å². The topological polar surface area (TPSA) is 56.7 Å². The summed E-state index contributed by atoms with van der Waals surface area (Å²) in [6, 6.07) is 53.9. The van der Waals surface area contributed by atoms with Crippen molar-refractivity contribution < 1.29 is 4.42 Å². The van der Waals surface area contributed by atoms with E-state index in [-0.39, 0.29) is 0 Å². The van der Waals surface area contributed by atoms with Crippen molar-refractivity contribution in [2.45, 2.75) is 0 Å². The molecule has 0 radical (unpaired) electrons. The molecule has 0 spiro atoms. The molecule has 0 N–H and O–H groups in total. The van der Waals surface area contributed by atoms with E-state index in [9.17, 15) is 0 Å². The van der Waals surface area contributed by atoms with Crippen LogP contribution in [0.1, 0.15) is 0 Å². The second kappa shape index (κ2) is 10.7. The summed E-state index contributed by atoms with van der Waals surface area (Å²) in [6.45, 7) is 0. The van der Waals surface area contributed by atoms with Gasteiger partial charge in [0.05, 0.1) is 11.0 Å². The molecule has 0 saturated heterocycles. The summed E-state index contributed by atoms with van der Waals surface area (Å²) in [5.41, 5.74) is 11.3. The van der Waals surface area contributed by atoms with Crippen LogP contribution in [-0.4, -0.2) is 19.5 Å². The first-order valence-electron chi connectivity index (χ1n) is 15.3. The van der Waals surface area contributed by atoms with Crippen LogP contribution < -0.4 is 0 Å². The molecule has 5 heteroatoms. The molecule has 0 fully saturated rings. The minimum absolute atomic E-state index is 0.654. The summed E-state index contributed by atoms with van der Waals surface area (Å²) in [5.74, 6) is 1.56. The molecule has 0 amide bonds. The van der Waals surface area contributed by atoms with Gasteiger partial charge < -0.3 is 4.42 Å². The molecule has 46 heavy (non-hydrogen) atoms. The molecular formula is C41H26N4O. The lowest BCUT2D eigenvalue weighted by Gasteiger charge is -2.11. The number of hydrogen-bond acceptors (Lipinski definition) is 4. The monoisotopic (exact) mass is 590 g/mol. The van der Waals surface area contributed by atoms with Crippen LogP contribution in [-0.2, 0) is 0 Å². The Hall–Kier alpha value is -6.33. The number of imidazole rings is 1. The Morgan fingerprint density at radius 2 is 1.11 bits per heavy atom. The summed E-state index contributed by atoms with van der Waals surface area (Å²) in [7, 11) is 0. The lowest BCUT2D eigenvalue weighted by molar-refractivity contribution is 0.667. The van der Waals surface area contributed by atoms with Gasteiger partial charge in [0.15, 0.2) is 11.4 Å². The fourth-order valence-electron chi connectivity index (χ4n) is 6.25. The van der Waals surface area contributed by atoms with E-state index < -0.39 is 0 Å². The third-order valence-corrected chi connectivity index (χ3v) is 8.42. The van der Waals surface area contributed by atoms with E-state index >= 15 is 0 Å². The zero-order valence-corrected chi connectivity index (χ0v) is 24.7. The predicted molar refractivity (Wildman–Crippen MR) is 186 cm³/mol. The van der Waals surface area contributed by atoms with E-state index in [1.807, 2.05) is 48.5 Å². The van der Waals surface area contributed by atoms with Gasteiger partial charge >= 0.3 is 0 Å². The highest BCUT2D eigenvalue weighted by molar-refractivity contribution is 6.07. The van der Waals surface area contributed by atoms with Crippen LogP contribution in [0.3, 0.4) is 0 Å². The molecule has 3 aromatic heterocycles. The van der Waals surface area contributed by atoms with Gasteiger partial charge in [-0.2, -0.15) is 0 Å². The van der Waals surface area contributed by atoms with Gasteiger partial charge in [-0.3, -0.25) is 4.57 Å². The molecule has 0 aliphatic rings. The molecule has 0 saturated carbocycles. The fraction of sp³-hybridized carbons (Fsp3) is 0. The number of aromatic nitrogens is 4. The van der Waals surface area contributed by atoms with Crippen LogP contribution >= 0.6 is 0 Å². The van der Waals surface area contributed by atoms with E-state index in [2.05, 4.69) is 114 Å². The summed E-state index contributed by atoms with van der Waals surface area (Å²) in [6.07, 6.45) is 0. The van der Waals surface area contributed by atoms with E-state index in [0.717, 1.165) is 72.5 Å². The third kappa shape index (κ3) is 4.37. The van der Waals surface area contributed by atoms with Gasteiger partial charge in [0, 0.05) is 27.8 Å². The Balaban J connectivity index is 1.18. The predicted octanol–water partition coefficient (Wildman–Crippen LogP) is 10.4. The van der Waals surface area contributed by atoms with Crippen molar-refractivity contribution in [2.75, 3.05) is 0 Å². The fourth-order valence-corrected chi connectivity index (χ4v) is 6.25. The number of rotatable bonds is 5. The highest BCUT2D eigenvalue weighted by Crippen LogP contribution is 2.37. The van der Waals surface area contributed by atoms with Crippen molar-refractivity contribution in [3.05, 3.63) is 158 Å². The van der Waals surface area contributed by atoms with Crippen molar-refractivity contribution >= 4 is 33.1 Å². The number of para-hydroxylation sites is 4. The average molecular weight is 591 g/mol. The molecule has 0 unspecified atom stereocenters. The van der Waals surface area contributed by atoms with Crippen molar-refractivity contribution in [3.63, 3.8) is 0 Å². The number of furan rings is 1. The first kappa shape index (κ1) is 26.1. The maximum atomic E-state index is 6.31. The van der Waals surface area contributed by atoms with E-state index in [4.69, 9.17) is 19.4 Å². The first-order valence-corrected chi connectivity index (χ1v) is 15.3. The van der Waals surface area contributed by atoms with Crippen molar-refractivity contribution in [2.24, 2.45) is 0 Å². The summed E-state index contributed by atoms with van der Waals surface area (Å²) in [4.78, 5) is 15.2. The molecule has 0 bridgehead atoms.